The molecule has 0 unspecified atom stereocenters. The lowest BCUT2D eigenvalue weighted by Crippen LogP contribution is -2.03. The van der Waals surface area contributed by atoms with Gasteiger partial charge in [-0.25, -0.2) is 4.79 Å². The highest BCUT2D eigenvalue weighted by atomic mass is 35.5. The standard InChI is InChI=1S/C22H18ClNO4/c23-20-8-4-16(5-9-20)14-27-21-10-6-18(7-11-21)19-3-1-2-17(12-19)13-24-28-15-22(25)26/h1-13H,14-15H2,(H,25,26)/b24-13+. The number of hydrogen-bond acceptors (Lipinski definition) is 4. The van der Waals surface area contributed by atoms with E-state index < -0.39 is 12.6 Å². The van der Waals surface area contributed by atoms with Crippen LogP contribution in [0.5, 0.6) is 5.75 Å². The van der Waals surface area contributed by atoms with Crippen LogP contribution >= 0.6 is 11.6 Å². The molecule has 6 heteroatoms. The molecule has 3 rings (SSSR count). The molecule has 28 heavy (non-hydrogen) atoms. The molecule has 0 saturated heterocycles. The third kappa shape index (κ3) is 5.86. The summed E-state index contributed by atoms with van der Waals surface area (Å²) >= 11 is 5.88. The van der Waals surface area contributed by atoms with Crippen LogP contribution in [-0.4, -0.2) is 23.9 Å². The van der Waals surface area contributed by atoms with Crippen molar-refractivity contribution in [2.24, 2.45) is 5.16 Å². The van der Waals surface area contributed by atoms with Crippen LogP contribution in [0.15, 0.2) is 78.0 Å². The number of carbonyl (C=O) groups is 1. The third-order valence-electron chi connectivity index (χ3n) is 3.86. The molecule has 3 aromatic carbocycles. The molecule has 0 aliphatic rings. The summed E-state index contributed by atoms with van der Waals surface area (Å²) < 4.78 is 5.80. The molecule has 0 radical (unpaired) electrons. The van der Waals surface area contributed by atoms with Crippen molar-refractivity contribution in [2.75, 3.05) is 6.61 Å². The molecule has 5 nitrogen and oxygen atoms in total. The zero-order valence-corrected chi connectivity index (χ0v) is 15.7. The molecule has 3 aromatic rings. The fourth-order valence-electron chi connectivity index (χ4n) is 2.48. The maximum atomic E-state index is 10.4. The maximum absolute atomic E-state index is 10.4. The van der Waals surface area contributed by atoms with E-state index in [4.69, 9.17) is 21.4 Å². The smallest absolute Gasteiger partial charge is 0.344 e. The van der Waals surface area contributed by atoms with Crippen molar-refractivity contribution in [3.05, 3.63) is 88.9 Å². The van der Waals surface area contributed by atoms with Gasteiger partial charge < -0.3 is 14.7 Å². The average Bonchev–Trinajstić information content (AvgIpc) is 2.71. The average molecular weight is 396 g/mol. The lowest BCUT2D eigenvalue weighted by Gasteiger charge is -2.08. The quantitative estimate of drug-likeness (QED) is 0.429. The van der Waals surface area contributed by atoms with Gasteiger partial charge in [0.2, 0.25) is 6.61 Å². The van der Waals surface area contributed by atoms with E-state index in [0.717, 1.165) is 28.0 Å². The van der Waals surface area contributed by atoms with Gasteiger partial charge in [0.1, 0.15) is 12.4 Å². The Morgan fingerprint density at radius 2 is 1.75 bits per heavy atom. The van der Waals surface area contributed by atoms with Gasteiger partial charge in [-0.15, -0.1) is 0 Å². The fourth-order valence-corrected chi connectivity index (χ4v) is 2.61. The van der Waals surface area contributed by atoms with Crippen LogP contribution in [0.3, 0.4) is 0 Å². The van der Waals surface area contributed by atoms with E-state index in [1.165, 1.54) is 6.21 Å². The number of oxime groups is 1. The summed E-state index contributed by atoms with van der Waals surface area (Å²) in [6.07, 6.45) is 1.48. The van der Waals surface area contributed by atoms with Crippen LogP contribution in [0.25, 0.3) is 11.1 Å². The Balaban J connectivity index is 1.62. The van der Waals surface area contributed by atoms with Crippen LogP contribution in [0, 0.1) is 0 Å². The highest BCUT2D eigenvalue weighted by molar-refractivity contribution is 6.30. The number of halogens is 1. The third-order valence-corrected chi connectivity index (χ3v) is 4.11. The highest BCUT2D eigenvalue weighted by Gasteiger charge is 2.01. The molecule has 0 amide bonds. The van der Waals surface area contributed by atoms with Crippen molar-refractivity contribution in [1.82, 2.24) is 0 Å². The Hall–Kier alpha value is -3.31. The van der Waals surface area contributed by atoms with E-state index in [1.807, 2.05) is 72.8 Å². The lowest BCUT2D eigenvalue weighted by atomic mass is 10.0. The number of carboxylic acid groups (broad SMARTS) is 1. The van der Waals surface area contributed by atoms with Crippen LogP contribution in [0.1, 0.15) is 11.1 Å². The van der Waals surface area contributed by atoms with E-state index in [-0.39, 0.29) is 0 Å². The number of nitrogens with zero attached hydrogens (tertiary/aromatic N) is 1. The van der Waals surface area contributed by atoms with Gasteiger partial charge in [0.25, 0.3) is 0 Å². The van der Waals surface area contributed by atoms with Crippen molar-refractivity contribution < 1.29 is 19.5 Å². The summed E-state index contributed by atoms with van der Waals surface area (Å²) in [5.41, 5.74) is 3.89. The number of ether oxygens (including phenoxy) is 1. The molecule has 0 atom stereocenters. The van der Waals surface area contributed by atoms with Gasteiger partial charge in [0, 0.05) is 5.02 Å². The molecule has 0 fully saturated rings. The SMILES string of the molecule is O=C(O)CO/N=C/c1cccc(-c2ccc(OCc3ccc(Cl)cc3)cc2)c1. The van der Waals surface area contributed by atoms with Gasteiger partial charge in [-0.1, -0.05) is 59.2 Å². The van der Waals surface area contributed by atoms with Crippen LogP contribution < -0.4 is 4.74 Å². The number of carboxylic acids is 1. The van der Waals surface area contributed by atoms with Gasteiger partial charge in [-0.3, -0.25) is 0 Å². The summed E-state index contributed by atoms with van der Waals surface area (Å²) in [7, 11) is 0. The van der Waals surface area contributed by atoms with Crippen molar-refractivity contribution in [3.63, 3.8) is 0 Å². The molecule has 142 valence electrons. The molecule has 0 spiro atoms. The van der Waals surface area contributed by atoms with Gasteiger partial charge in [0.05, 0.1) is 6.21 Å². The molecule has 0 aromatic heterocycles. The number of rotatable bonds is 8. The largest absolute Gasteiger partial charge is 0.489 e. The molecular weight excluding hydrogens is 378 g/mol. The number of hydrogen-bond donors (Lipinski definition) is 1. The monoisotopic (exact) mass is 395 g/mol. The summed E-state index contributed by atoms with van der Waals surface area (Å²) in [6.45, 7) is 0.00643. The minimum absolute atomic E-state index is 0.465. The second-order valence-electron chi connectivity index (χ2n) is 5.97. The molecule has 0 aliphatic heterocycles. The van der Waals surface area contributed by atoms with Crippen molar-refractivity contribution in [3.8, 4) is 16.9 Å². The van der Waals surface area contributed by atoms with Crippen molar-refractivity contribution >= 4 is 23.8 Å². The predicted octanol–water partition coefficient (Wildman–Crippen LogP) is 5.02. The maximum Gasteiger partial charge on any atom is 0.344 e. The predicted molar refractivity (Wildman–Crippen MR) is 109 cm³/mol. The Kier molecular flexibility index (Phi) is 6.65. The fraction of sp³-hybridized carbons (Fsp3) is 0.0909. The summed E-state index contributed by atoms with van der Waals surface area (Å²) in [5, 5.41) is 12.9. The van der Waals surface area contributed by atoms with E-state index in [1.54, 1.807) is 0 Å². The Morgan fingerprint density at radius 1 is 1.00 bits per heavy atom. The molecular formula is C22H18ClNO4. The second kappa shape index (κ2) is 9.58. The van der Waals surface area contributed by atoms with Crippen molar-refractivity contribution in [2.45, 2.75) is 6.61 Å². The molecule has 0 aliphatic carbocycles. The molecule has 1 N–H and O–H groups in total. The van der Waals surface area contributed by atoms with Crippen molar-refractivity contribution in [1.29, 1.82) is 0 Å². The first-order valence-electron chi connectivity index (χ1n) is 8.55. The minimum atomic E-state index is -1.07. The summed E-state index contributed by atoms with van der Waals surface area (Å²) in [6, 6.07) is 23.0. The molecule has 0 saturated carbocycles. The normalized spacial score (nSPS) is 10.8. The van der Waals surface area contributed by atoms with Crippen LogP contribution in [-0.2, 0) is 16.2 Å². The molecule has 0 heterocycles. The van der Waals surface area contributed by atoms with E-state index >= 15 is 0 Å². The second-order valence-corrected chi connectivity index (χ2v) is 6.40. The Bertz CT molecular complexity index is 953. The first kappa shape index (κ1) is 19.5. The zero-order valence-electron chi connectivity index (χ0n) is 14.9. The topological polar surface area (TPSA) is 68.1 Å². The number of benzene rings is 3. The van der Waals surface area contributed by atoms with E-state index in [2.05, 4.69) is 9.99 Å². The summed E-state index contributed by atoms with van der Waals surface area (Å²) in [4.78, 5) is 15.1. The van der Waals surface area contributed by atoms with E-state index in [0.29, 0.717) is 11.6 Å². The lowest BCUT2D eigenvalue weighted by molar-refractivity contribution is -0.142. The first-order chi connectivity index (χ1) is 13.6. The van der Waals surface area contributed by atoms with Crippen LogP contribution in [0.2, 0.25) is 5.02 Å². The van der Waals surface area contributed by atoms with Crippen LogP contribution in [0.4, 0.5) is 0 Å². The zero-order chi connectivity index (χ0) is 19.8. The van der Waals surface area contributed by atoms with E-state index in [9.17, 15) is 4.79 Å². The Morgan fingerprint density at radius 3 is 2.46 bits per heavy atom. The summed E-state index contributed by atoms with van der Waals surface area (Å²) in [5.74, 6) is -0.289. The molecule has 0 bridgehead atoms. The first-order valence-corrected chi connectivity index (χ1v) is 8.93. The van der Waals surface area contributed by atoms with Gasteiger partial charge in [-0.2, -0.15) is 0 Å². The number of aliphatic carboxylic acids is 1. The van der Waals surface area contributed by atoms with Gasteiger partial charge >= 0.3 is 5.97 Å². The van der Waals surface area contributed by atoms with Gasteiger partial charge in [0.15, 0.2) is 0 Å². The highest BCUT2D eigenvalue weighted by Crippen LogP contribution is 2.23. The Labute approximate surface area is 167 Å². The van der Waals surface area contributed by atoms with Gasteiger partial charge in [-0.05, 0) is 52.6 Å². The minimum Gasteiger partial charge on any atom is -0.489 e.